The molecule has 1 heterocycles. The quantitative estimate of drug-likeness (QED) is 0.752. The van der Waals surface area contributed by atoms with Gasteiger partial charge in [0.25, 0.3) is 0 Å². The minimum absolute atomic E-state index is 0.0717. The van der Waals surface area contributed by atoms with Crippen LogP contribution in [0, 0.1) is 11.8 Å². The van der Waals surface area contributed by atoms with Crippen LogP contribution in [0.1, 0.15) is 25.8 Å². The summed E-state index contributed by atoms with van der Waals surface area (Å²) in [6.45, 7) is 7.30. The molecule has 0 spiro atoms. The maximum Gasteiger partial charge on any atom is 0.224 e. The number of carbonyl (C=O) groups is 1. The van der Waals surface area contributed by atoms with E-state index >= 15 is 0 Å². The number of nitrogens with two attached hydrogens (primary N) is 1. The number of benzene rings is 1. The molecule has 2 rings (SSSR count). The largest absolute Gasteiger partial charge is 0.371 e. The van der Waals surface area contributed by atoms with E-state index in [-0.39, 0.29) is 11.8 Å². The molecule has 0 saturated carbocycles. The van der Waals surface area contributed by atoms with Gasteiger partial charge in [0.05, 0.1) is 5.92 Å². The Balaban J connectivity index is 1.73. The van der Waals surface area contributed by atoms with Crippen LogP contribution in [0.15, 0.2) is 24.3 Å². The van der Waals surface area contributed by atoms with Crippen molar-refractivity contribution in [2.45, 2.75) is 26.7 Å². The van der Waals surface area contributed by atoms with Gasteiger partial charge in [-0.25, -0.2) is 0 Å². The zero-order chi connectivity index (χ0) is 15.2. The third-order valence-corrected chi connectivity index (χ3v) is 4.28. The summed E-state index contributed by atoms with van der Waals surface area (Å²) in [6.07, 6.45) is 2.10. The Morgan fingerprint density at radius 1 is 1.38 bits per heavy atom. The molecule has 1 aliphatic heterocycles. The molecule has 0 aromatic heterocycles. The average molecular weight is 289 g/mol. The number of nitrogens with one attached hydrogen (secondary N) is 1. The Hall–Kier alpha value is -1.55. The van der Waals surface area contributed by atoms with E-state index in [1.165, 1.54) is 11.3 Å². The van der Waals surface area contributed by atoms with Gasteiger partial charge in [0.1, 0.15) is 0 Å². The van der Waals surface area contributed by atoms with Gasteiger partial charge >= 0.3 is 0 Å². The number of para-hydroxylation sites is 1. The fourth-order valence-electron chi connectivity index (χ4n) is 2.93. The minimum atomic E-state index is -0.0717. The van der Waals surface area contributed by atoms with Crippen molar-refractivity contribution >= 4 is 11.6 Å². The number of hydrogen-bond acceptors (Lipinski definition) is 3. The van der Waals surface area contributed by atoms with Gasteiger partial charge in [-0.15, -0.1) is 0 Å². The third-order valence-electron chi connectivity index (χ3n) is 4.28. The first kappa shape index (κ1) is 15.8. The third kappa shape index (κ3) is 3.97. The van der Waals surface area contributed by atoms with Crippen molar-refractivity contribution in [3.8, 4) is 0 Å². The molecule has 1 amide bonds. The molecule has 0 aliphatic carbocycles. The number of anilines is 1. The lowest BCUT2D eigenvalue weighted by Crippen LogP contribution is -2.39. The molecule has 0 bridgehead atoms. The van der Waals surface area contributed by atoms with E-state index in [9.17, 15) is 4.79 Å². The lowest BCUT2D eigenvalue weighted by atomic mass is 9.95. The highest BCUT2D eigenvalue weighted by molar-refractivity contribution is 5.79. The van der Waals surface area contributed by atoms with Crippen LogP contribution >= 0.6 is 0 Å². The highest BCUT2D eigenvalue weighted by Gasteiger charge is 2.20. The van der Waals surface area contributed by atoms with Gasteiger partial charge in [-0.05, 0) is 30.4 Å². The van der Waals surface area contributed by atoms with E-state index in [2.05, 4.69) is 34.5 Å². The first-order valence-electron chi connectivity index (χ1n) is 7.94. The number of carbonyl (C=O) groups excluding carboxylic acids is 1. The van der Waals surface area contributed by atoms with E-state index in [1.54, 1.807) is 0 Å². The molecule has 0 radical (unpaired) electrons. The van der Waals surface area contributed by atoms with Crippen LogP contribution in [0.4, 0.5) is 5.69 Å². The Kier molecular flexibility index (Phi) is 5.62. The van der Waals surface area contributed by atoms with Gasteiger partial charge in [0.15, 0.2) is 0 Å². The van der Waals surface area contributed by atoms with Gasteiger partial charge in [0.2, 0.25) is 5.91 Å². The fraction of sp³-hybridized carbons (Fsp3) is 0.588. The van der Waals surface area contributed by atoms with Crippen molar-refractivity contribution in [1.29, 1.82) is 0 Å². The predicted molar refractivity (Wildman–Crippen MR) is 87.4 cm³/mol. The van der Waals surface area contributed by atoms with Gasteiger partial charge in [-0.2, -0.15) is 0 Å². The second-order valence-electron chi connectivity index (χ2n) is 6.10. The van der Waals surface area contributed by atoms with Crippen LogP contribution in [0.2, 0.25) is 0 Å². The summed E-state index contributed by atoms with van der Waals surface area (Å²) in [4.78, 5) is 14.4. The van der Waals surface area contributed by atoms with Crippen molar-refractivity contribution in [1.82, 2.24) is 5.32 Å². The minimum Gasteiger partial charge on any atom is -0.371 e. The van der Waals surface area contributed by atoms with E-state index in [0.29, 0.717) is 12.5 Å². The lowest BCUT2D eigenvalue weighted by Gasteiger charge is -2.21. The summed E-state index contributed by atoms with van der Waals surface area (Å²) in [6, 6.07) is 8.57. The summed E-state index contributed by atoms with van der Waals surface area (Å²) in [5.41, 5.74) is 8.45. The summed E-state index contributed by atoms with van der Waals surface area (Å²) in [5, 5.41) is 3.02. The molecular formula is C17H27N3O. The fourth-order valence-corrected chi connectivity index (χ4v) is 2.93. The van der Waals surface area contributed by atoms with E-state index in [4.69, 9.17) is 5.73 Å². The van der Waals surface area contributed by atoms with Crippen LogP contribution in [0.3, 0.4) is 0 Å². The zero-order valence-corrected chi connectivity index (χ0v) is 13.1. The highest BCUT2D eigenvalue weighted by Crippen LogP contribution is 2.27. The van der Waals surface area contributed by atoms with E-state index in [0.717, 1.165) is 32.5 Å². The SMILES string of the molecule is CC(C)C(CN)C(=O)NCCCN1CCc2ccccc21. The van der Waals surface area contributed by atoms with Crippen LogP contribution in [0.5, 0.6) is 0 Å². The zero-order valence-electron chi connectivity index (χ0n) is 13.1. The number of rotatable bonds is 7. The molecular weight excluding hydrogens is 262 g/mol. The van der Waals surface area contributed by atoms with E-state index < -0.39 is 0 Å². The Morgan fingerprint density at radius 3 is 2.86 bits per heavy atom. The van der Waals surface area contributed by atoms with Crippen LogP contribution < -0.4 is 16.0 Å². The molecule has 1 aromatic rings. The highest BCUT2D eigenvalue weighted by atomic mass is 16.1. The molecule has 1 aromatic carbocycles. The van der Waals surface area contributed by atoms with Gasteiger partial charge in [-0.1, -0.05) is 32.0 Å². The van der Waals surface area contributed by atoms with Crippen molar-refractivity contribution in [3.05, 3.63) is 29.8 Å². The predicted octanol–water partition coefficient (Wildman–Crippen LogP) is 1.79. The monoisotopic (exact) mass is 289 g/mol. The molecule has 1 unspecified atom stereocenters. The van der Waals surface area contributed by atoms with Crippen LogP contribution in [-0.2, 0) is 11.2 Å². The van der Waals surface area contributed by atoms with Gasteiger partial charge < -0.3 is 16.0 Å². The summed E-state index contributed by atoms with van der Waals surface area (Å²) in [5.74, 6) is 0.312. The average Bonchev–Trinajstić information content (AvgIpc) is 2.87. The Morgan fingerprint density at radius 2 is 2.14 bits per heavy atom. The second-order valence-corrected chi connectivity index (χ2v) is 6.10. The van der Waals surface area contributed by atoms with Gasteiger partial charge in [0, 0.05) is 31.9 Å². The normalized spacial score (nSPS) is 15.1. The first-order valence-corrected chi connectivity index (χ1v) is 7.94. The maximum absolute atomic E-state index is 12.0. The summed E-state index contributed by atoms with van der Waals surface area (Å²) >= 11 is 0. The van der Waals surface area contributed by atoms with Crippen molar-refractivity contribution in [2.24, 2.45) is 17.6 Å². The van der Waals surface area contributed by atoms with E-state index in [1.807, 2.05) is 13.8 Å². The molecule has 116 valence electrons. The Labute approximate surface area is 127 Å². The number of amides is 1. The summed E-state index contributed by atoms with van der Waals surface area (Å²) in [7, 11) is 0. The molecule has 21 heavy (non-hydrogen) atoms. The van der Waals surface area contributed by atoms with Crippen molar-refractivity contribution < 1.29 is 4.79 Å². The molecule has 0 saturated heterocycles. The molecule has 1 aliphatic rings. The molecule has 4 heteroatoms. The first-order chi connectivity index (χ1) is 10.1. The van der Waals surface area contributed by atoms with Crippen molar-refractivity contribution in [3.63, 3.8) is 0 Å². The van der Waals surface area contributed by atoms with Crippen LogP contribution in [0.25, 0.3) is 0 Å². The van der Waals surface area contributed by atoms with Crippen LogP contribution in [-0.4, -0.2) is 32.1 Å². The lowest BCUT2D eigenvalue weighted by molar-refractivity contribution is -0.125. The van der Waals surface area contributed by atoms with Crippen molar-refractivity contribution in [2.75, 3.05) is 31.1 Å². The topological polar surface area (TPSA) is 58.4 Å². The van der Waals surface area contributed by atoms with Gasteiger partial charge in [-0.3, -0.25) is 4.79 Å². The molecule has 4 nitrogen and oxygen atoms in total. The Bertz CT molecular complexity index is 473. The number of nitrogens with zero attached hydrogens (tertiary/aromatic N) is 1. The summed E-state index contributed by atoms with van der Waals surface area (Å²) < 4.78 is 0. The number of hydrogen-bond donors (Lipinski definition) is 2. The number of fused-ring (bicyclic) bond motifs is 1. The second kappa shape index (κ2) is 7.46. The standard InChI is InChI=1S/C17H27N3O/c1-13(2)15(12-18)17(21)19-9-5-10-20-11-8-14-6-3-4-7-16(14)20/h3-4,6-7,13,15H,5,8-12,18H2,1-2H3,(H,19,21). The smallest absolute Gasteiger partial charge is 0.224 e. The molecule has 3 N–H and O–H groups in total. The maximum atomic E-state index is 12.0. The molecule has 0 fully saturated rings. The molecule has 1 atom stereocenters.